The third-order valence-corrected chi connectivity index (χ3v) is 5.76. The zero-order valence-corrected chi connectivity index (χ0v) is 20.4. The fourth-order valence-corrected chi connectivity index (χ4v) is 3.64. The number of amides is 2. The highest BCUT2D eigenvalue weighted by atomic mass is 127. The highest BCUT2D eigenvalue weighted by Gasteiger charge is 2.22. The first-order chi connectivity index (χ1) is 15.8. The van der Waals surface area contributed by atoms with E-state index < -0.39 is 24.0 Å². The van der Waals surface area contributed by atoms with Gasteiger partial charge in [-0.25, -0.2) is 9.59 Å². The summed E-state index contributed by atoms with van der Waals surface area (Å²) in [6, 6.07) is 14.3. The van der Waals surface area contributed by atoms with Gasteiger partial charge in [0, 0.05) is 23.1 Å². The molecule has 8 nitrogen and oxygen atoms in total. The van der Waals surface area contributed by atoms with E-state index in [-0.39, 0.29) is 12.8 Å². The van der Waals surface area contributed by atoms with Gasteiger partial charge >= 0.3 is 12.1 Å². The number of carboxylic acids is 1. The molecule has 9 heteroatoms. The van der Waals surface area contributed by atoms with Crippen LogP contribution in [0.2, 0.25) is 0 Å². The van der Waals surface area contributed by atoms with Gasteiger partial charge < -0.3 is 20.1 Å². The van der Waals surface area contributed by atoms with Crippen LogP contribution in [0, 0.1) is 14.9 Å². The minimum Gasteiger partial charge on any atom is -0.480 e. The van der Waals surface area contributed by atoms with E-state index in [2.05, 4.69) is 5.32 Å². The molecular formula is C24H26IN3O5. The van der Waals surface area contributed by atoms with Crippen LogP contribution in [0.3, 0.4) is 0 Å². The minimum atomic E-state index is -1.14. The Bertz CT molecular complexity index is 1000. The number of carbonyl (C=O) groups is 3. The van der Waals surface area contributed by atoms with Crippen molar-refractivity contribution in [3.05, 3.63) is 63.2 Å². The largest absolute Gasteiger partial charge is 0.480 e. The molecule has 1 atom stereocenters. The van der Waals surface area contributed by atoms with Crippen LogP contribution in [0.1, 0.15) is 42.1 Å². The Kier molecular flexibility index (Phi) is 10.6. The van der Waals surface area contributed by atoms with Crippen LogP contribution in [0.25, 0.3) is 0 Å². The molecule has 2 amide bonds. The molecule has 0 aliphatic carbocycles. The van der Waals surface area contributed by atoms with E-state index in [4.69, 9.17) is 10.00 Å². The van der Waals surface area contributed by atoms with Gasteiger partial charge in [0.15, 0.2) is 0 Å². The Labute approximate surface area is 206 Å². The number of carbonyl (C=O) groups excluding carboxylic acids is 2. The van der Waals surface area contributed by atoms with Crippen molar-refractivity contribution in [3.63, 3.8) is 0 Å². The molecule has 0 saturated carbocycles. The maximum absolute atomic E-state index is 12.5. The summed E-state index contributed by atoms with van der Waals surface area (Å²) in [7, 11) is 0. The number of aliphatic carboxylic acids is 1. The van der Waals surface area contributed by atoms with Crippen LogP contribution in [0.5, 0.6) is 5.75 Å². The average Bonchev–Trinajstić information content (AvgIpc) is 2.80. The first kappa shape index (κ1) is 26.1. The molecule has 0 aliphatic heterocycles. The first-order valence-corrected chi connectivity index (χ1v) is 11.6. The molecule has 33 heavy (non-hydrogen) atoms. The number of ether oxygens (including phenoxy) is 1. The van der Waals surface area contributed by atoms with Crippen LogP contribution in [0.4, 0.5) is 4.79 Å². The average molecular weight is 563 g/mol. The first-order valence-electron chi connectivity index (χ1n) is 10.6. The summed E-state index contributed by atoms with van der Waals surface area (Å²) in [4.78, 5) is 38.1. The monoisotopic (exact) mass is 563 g/mol. The summed E-state index contributed by atoms with van der Waals surface area (Å²) < 4.78 is 6.13. The molecule has 174 valence electrons. The van der Waals surface area contributed by atoms with Gasteiger partial charge in [-0.15, -0.1) is 0 Å². The van der Waals surface area contributed by atoms with E-state index in [1.165, 1.54) is 4.90 Å². The maximum atomic E-state index is 12.5. The number of nitrogens with one attached hydrogen (secondary N) is 1. The lowest BCUT2D eigenvalue weighted by Gasteiger charge is -2.20. The smallest absolute Gasteiger partial charge is 0.415 e. The van der Waals surface area contributed by atoms with Crippen molar-refractivity contribution in [1.82, 2.24) is 10.2 Å². The normalized spacial score (nSPS) is 11.2. The minimum absolute atomic E-state index is 0.0729. The molecule has 2 N–H and O–H groups in total. The van der Waals surface area contributed by atoms with E-state index >= 15 is 0 Å². The van der Waals surface area contributed by atoms with E-state index in [9.17, 15) is 19.5 Å². The summed E-state index contributed by atoms with van der Waals surface area (Å²) in [5.41, 5.74) is 1.08. The van der Waals surface area contributed by atoms with Crippen molar-refractivity contribution in [2.45, 2.75) is 38.6 Å². The van der Waals surface area contributed by atoms with E-state index in [0.29, 0.717) is 30.0 Å². The number of halogens is 1. The Morgan fingerprint density at radius 1 is 1.15 bits per heavy atom. The van der Waals surface area contributed by atoms with Gasteiger partial charge in [-0.3, -0.25) is 4.79 Å². The quantitative estimate of drug-likeness (QED) is 0.395. The van der Waals surface area contributed by atoms with Crippen LogP contribution in [-0.2, 0) is 11.2 Å². The zero-order valence-electron chi connectivity index (χ0n) is 18.3. The second-order valence-corrected chi connectivity index (χ2v) is 8.47. The number of hydrogen-bond acceptors (Lipinski definition) is 5. The topological polar surface area (TPSA) is 120 Å². The number of unbranched alkanes of at least 4 members (excludes halogenated alkanes) is 1. The Morgan fingerprint density at radius 2 is 1.85 bits per heavy atom. The molecule has 0 bridgehead atoms. The highest BCUT2D eigenvalue weighted by molar-refractivity contribution is 14.1. The third kappa shape index (κ3) is 8.38. The van der Waals surface area contributed by atoms with Crippen molar-refractivity contribution >= 4 is 40.6 Å². The van der Waals surface area contributed by atoms with Crippen molar-refractivity contribution in [2.24, 2.45) is 0 Å². The van der Waals surface area contributed by atoms with Gasteiger partial charge in [0.25, 0.3) is 5.91 Å². The van der Waals surface area contributed by atoms with Gasteiger partial charge in [0.1, 0.15) is 11.8 Å². The van der Waals surface area contributed by atoms with E-state index in [0.717, 1.165) is 16.4 Å². The molecule has 0 unspecified atom stereocenters. The van der Waals surface area contributed by atoms with Crippen LogP contribution < -0.4 is 10.1 Å². The zero-order chi connectivity index (χ0) is 24.2. The summed E-state index contributed by atoms with van der Waals surface area (Å²) in [6.45, 7) is 2.82. The van der Waals surface area contributed by atoms with E-state index in [1.807, 2.05) is 35.6 Å². The molecule has 0 radical (unpaired) electrons. The fraction of sp³-hybridized carbons (Fsp3) is 0.333. The van der Waals surface area contributed by atoms with Crippen molar-refractivity contribution in [1.29, 1.82) is 5.26 Å². The van der Waals surface area contributed by atoms with Gasteiger partial charge in [-0.1, -0.05) is 37.6 Å². The molecule has 0 spiro atoms. The number of hydrogen-bond donors (Lipinski definition) is 2. The van der Waals surface area contributed by atoms with Crippen molar-refractivity contribution in [2.75, 3.05) is 13.1 Å². The Hall–Kier alpha value is -3.13. The molecule has 2 aromatic carbocycles. The van der Waals surface area contributed by atoms with Gasteiger partial charge in [0.2, 0.25) is 0 Å². The second kappa shape index (κ2) is 13.4. The highest BCUT2D eigenvalue weighted by Crippen LogP contribution is 2.16. The predicted octanol–water partition coefficient (Wildman–Crippen LogP) is 4.23. The molecule has 0 aliphatic rings. The number of benzene rings is 2. The van der Waals surface area contributed by atoms with Crippen molar-refractivity contribution in [3.8, 4) is 11.8 Å². The summed E-state index contributed by atoms with van der Waals surface area (Å²) in [5, 5.41) is 20.9. The lowest BCUT2D eigenvalue weighted by atomic mass is 10.1. The SMILES string of the molecule is CCCCN(CCC#N)C(=O)Oc1ccc(C[C@H](NC(=O)c2ccccc2I)C(=O)O)cc1. The molecule has 2 aromatic rings. The Morgan fingerprint density at radius 3 is 2.45 bits per heavy atom. The molecular weight excluding hydrogens is 537 g/mol. The molecule has 2 rings (SSSR count). The van der Waals surface area contributed by atoms with Gasteiger partial charge in [-0.05, 0) is 58.8 Å². The van der Waals surface area contributed by atoms with Crippen LogP contribution >= 0.6 is 22.6 Å². The standard InChI is InChI=1S/C24H26IN3O5/c1-2-3-14-28(15-6-13-26)24(32)33-18-11-9-17(10-12-18)16-21(23(30)31)27-22(29)19-7-4-5-8-20(19)25/h4-5,7-12,21H,2-3,6,14-16H2,1H3,(H,27,29)(H,30,31)/t21-/m0/s1. The van der Waals surface area contributed by atoms with Crippen molar-refractivity contribution < 1.29 is 24.2 Å². The van der Waals surface area contributed by atoms with Crippen LogP contribution in [0.15, 0.2) is 48.5 Å². The molecule has 0 fully saturated rings. The fourth-order valence-electron chi connectivity index (χ4n) is 3.00. The lowest BCUT2D eigenvalue weighted by Crippen LogP contribution is -2.42. The number of nitrogens with zero attached hydrogens (tertiary/aromatic N) is 2. The van der Waals surface area contributed by atoms with Gasteiger partial charge in [0.05, 0.1) is 18.1 Å². The summed E-state index contributed by atoms with van der Waals surface area (Å²) in [5.74, 6) is -1.28. The number of nitriles is 1. The molecule has 0 saturated heterocycles. The van der Waals surface area contributed by atoms with E-state index in [1.54, 1.807) is 48.5 Å². The number of carboxylic acid groups (broad SMARTS) is 1. The number of rotatable bonds is 11. The predicted molar refractivity (Wildman–Crippen MR) is 131 cm³/mol. The Balaban J connectivity index is 2.01. The summed E-state index contributed by atoms with van der Waals surface area (Å²) in [6.07, 6.45) is 1.49. The molecule has 0 heterocycles. The summed E-state index contributed by atoms with van der Waals surface area (Å²) >= 11 is 2.03. The maximum Gasteiger partial charge on any atom is 0.415 e. The van der Waals surface area contributed by atoms with Gasteiger partial charge in [-0.2, -0.15) is 5.26 Å². The second-order valence-electron chi connectivity index (χ2n) is 7.31. The molecule has 0 aromatic heterocycles. The lowest BCUT2D eigenvalue weighted by molar-refractivity contribution is -0.139. The third-order valence-electron chi connectivity index (χ3n) is 4.82. The van der Waals surface area contributed by atoms with Crippen LogP contribution in [-0.4, -0.2) is 47.1 Å².